The van der Waals surface area contributed by atoms with Crippen molar-refractivity contribution >= 4 is 11.6 Å². The Balaban J connectivity index is 1.72. The number of amides is 1. The van der Waals surface area contributed by atoms with E-state index >= 15 is 0 Å². The summed E-state index contributed by atoms with van der Waals surface area (Å²) in [4.78, 5) is 14.6. The van der Waals surface area contributed by atoms with Gasteiger partial charge in [-0.25, -0.2) is 0 Å². The molecule has 2 aliphatic rings. The van der Waals surface area contributed by atoms with E-state index in [1.54, 1.807) is 12.1 Å². The van der Waals surface area contributed by atoms with Crippen molar-refractivity contribution in [2.75, 3.05) is 18.4 Å². The highest BCUT2D eigenvalue weighted by Crippen LogP contribution is 2.51. The van der Waals surface area contributed by atoms with E-state index in [2.05, 4.69) is 17.5 Å². The van der Waals surface area contributed by atoms with Gasteiger partial charge in [0.1, 0.15) is 11.5 Å². The van der Waals surface area contributed by atoms with Crippen LogP contribution >= 0.6 is 0 Å². The molecule has 3 atom stereocenters. The summed E-state index contributed by atoms with van der Waals surface area (Å²) in [5.41, 5.74) is 3.62. The lowest BCUT2D eigenvalue weighted by atomic mass is 9.76. The Morgan fingerprint density at radius 3 is 2.61 bits per heavy atom. The number of phenols is 2. The second kappa shape index (κ2) is 7.23. The molecule has 0 saturated heterocycles. The van der Waals surface area contributed by atoms with Crippen molar-refractivity contribution in [3.8, 4) is 11.5 Å². The number of phenolic OH excluding ortho intramolecular Hbond substituents is 2. The number of allylic oxidation sites excluding steroid dienone is 2. The summed E-state index contributed by atoms with van der Waals surface area (Å²) in [5, 5.41) is 23.6. The molecule has 5 nitrogen and oxygen atoms in total. The average molecular weight is 378 g/mol. The minimum absolute atomic E-state index is 0.0538. The second-order valence-electron chi connectivity index (χ2n) is 7.50. The van der Waals surface area contributed by atoms with Gasteiger partial charge in [0, 0.05) is 41.9 Å². The summed E-state index contributed by atoms with van der Waals surface area (Å²) < 4.78 is 0. The first kappa shape index (κ1) is 18.4. The molecule has 1 heterocycles. The minimum Gasteiger partial charge on any atom is -0.508 e. The number of aromatic hydroxyl groups is 2. The van der Waals surface area contributed by atoms with Crippen LogP contribution < -0.4 is 5.32 Å². The largest absolute Gasteiger partial charge is 0.508 e. The number of anilines is 1. The number of rotatable bonds is 4. The van der Waals surface area contributed by atoms with E-state index in [0.29, 0.717) is 18.7 Å². The Labute approximate surface area is 165 Å². The molecule has 5 heteroatoms. The third-order valence-electron chi connectivity index (χ3n) is 6.01. The van der Waals surface area contributed by atoms with E-state index in [4.69, 9.17) is 0 Å². The van der Waals surface area contributed by atoms with Crippen LogP contribution in [0.2, 0.25) is 0 Å². The molecular formula is C23H26N2O3. The number of nitrogens with zero attached hydrogens (tertiary/aromatic N) is 1. The SMILES string of the molecule is CCN(CC)C(=O)c1ccc2c(c1)C1C=CCC1C(c1ccc(O)cc1O)N2. The van der Waals surface area contributed by atoms with Gasteiger partial charge in [-0.15, -0.1) is 0 Å². The maximum absolute atomic E-state index is 12.8. The molecule has 0 bridgehead atoms. The van der Waals surface area contributed by atoms with Gasteiger partial charge in [-0.3, -0.25) is 4.79 Å². The zero-order chi connectivity index (χ0) is 19.8. The molecule has 0 radical (unpaired) electrons. The first-order valence-corrected chi connectivity index (χ1v) is 9.91. The monoisotopic (exact) mass is 378 g/mol. The number of benzene rings is 2. The van der Waals surface area contributed by atoms with Crippen molar-refractivity contribution in [3.63, 3.8) is 0 Å². The molecule has 3 unspecified atom stereocenters. The number of fused-ring (bicyclic) bond motifs is 3. The van der Waals surface area contributed by atoms with Gasteiger partial charge in [-0.2, -0.15) is 0 Å². The molecule has 0 spiro atoms. The van der Waals surface area contributed by atoms with Gasteiger partial charge in [0.15, 0.2) is 0 Å². The molecule has 1 amide bonds. The quantitative estimate of drug-likeness (QED) is 0.689. The summed E-state index contributed by atoms with van der Waals surface area (Å²) in [6.45, 7) is 5.37. The van der Waals surface area contributed by atoms with Crippen LogP contribution in [0.3, 0.4) is 0 Å². The third-order valence-corrected chi connectivity index (χ3v) is 6.01. The second-order valence-corrected chi connectivity index (χ2v) is 7.50. The van der Waals surface area contributed by atoms with Gasteiger partial charge < -0.3 is 20.4 Å². The number of nitrogens with one attached hydrogen (secondary N) is 1. The fourth-order valence-corrected chi connectivity index (χ4v) is 4.52. The molecular weight excluding hydrogens is 352 g/mol. The van der Waals surface area contributed by atoms with E-state index in [1.807, 2.05) is 36.9 Å². The molecule has 146 valence electrons. The normalized spacial score (nSPS) is 22.3. The number of hydrogen-bond acceptors (Lipinski definition) is 4. The van der Waals surface area contributed by atoms with E-state index in [1.165, 1.54) is 6.07 Å². The summed E-state index contributed by atoms with van der Waals surface area (Å²) in [6, 6.07) is 10.6. The number of carbonyl (C=O) groups is 1. The maximum Gasteiger partial charge on any atom is 0.253 e. The van der Waals surface area contributed by atoms with Crippen LogP contribution in [0.1, 0.15) is 53.7 Å². The van der Waals surface area contributed by atoms with E-state index in [9.17, 15) is 15.0 Å². The van der Waals surface area contributed by atoms with Crippen LogP contribution in [0.4, 0.5) is 5.69 Å². The molecule has 0 saturated carbocycles. The smallest absolute Gasteiger partial charge is 0.253 e. The van der Waals surface area contributed by atoms with E-state index in [0.717, 1.165) is 23.2 Å². The molecule has 0 aromatic heterocycles. The fraction of sp³-hybridized carbons (Fsp3) is 0.348. The predicted molar refractivity (Wildman–Crippen MR) is 110 cm³/mol. The van der Waals surface area contributed by atoms with Crippen molar-refractivity contribution < 1.29 is 15.0 Å². The van der Waals surface area contributed by atoms with Crippen molar-refractivity contribution in [2.45, 2.75) is 32.2 Å². The lowest BCUT2D eigenvalue weighted by Gasteiger charge is -2.38. The highest BCUT2D eigenvalue weighted by molar-refractivity contribution is 5.95. The zero-order valence-corrected chi connectivity index (χ0v) is 16.2. The van der Waals surface area contributed by atoms with Gasteiger partial charge in [0.2, 0.25) is 0 Å². The Morgan fingerprint density at radius 1 is 1.11 bits per heavy atom. The van der Waals surface area contributed by atoms with Crippen molar-refractivity contribution in [1.29, 1.82) is 0 Å². The first-order valence-electron chi connectivity index (χ1n) is 9.91. The van der Waals surface area contributed by atoms with Gasteiger partial charge in [-0.1, -0.05) is 12.2 Å². The van der Waals surface area contributed by atoms with Crippen LogP contribution in [0.15, 0.2) is 48.6 Å². The van der Waals surface area contributed by atoms with E-state index in [-0.39, 0.29) is 35.3 Å². The lowest BCUT2D eigenvalue weighted by molar-refractivity contribution is 0.0773. The summed E-state index contributed by atoms with van der Waals surface area (Å²) in [5.74, 6) is 0.656. The van der Waals surface area contributed by atoms with Gasteiger partial charge >= 0.3 is 0 Å². The molecule has 4 rings (SSSR count). The fourth-order valence-electron chi connectivity index (χ4n) is 4.52. The Kier molecular flexibility index (Phi) is 4.75. The van der Waals surface area contributed by atoms with Crippen molar-refractivity contribution in [1.82, 2.24) is 4.90 Å². The van der Waals surface area contributed by atoms with Crippen LogP contribution in [0.25, 0.3) is 0 Å². The molecule has 2 aromatic rings. The maximum atomic E-state index is 12.8. The lowest BCUT2D eigenvalue weighted by Crippen LogP contribution is -2.32. The van der Waals surface area contributed by atoms with Crippen LogP contribution in [0.5, 0.6) is 11.5 Å². The van der Waals surface area contributed by atoms with Gasteiger partial charge in [-0.05, 0) is 62.1 Å². The zero-order valence-electron chi connectivity index (χ0n) is 16.2. The highest BCUT2D eigenvalue weighted by Gasteiger charge is 2.39. The standard InChI is InChI=1S/C23H26N2O3/c1-3-25(4-2)23(28)14-8-11-20-19(12-14)16-6-5-7-17(16)22(24-20)18-10-9-15(26)13-21(18)27/h5-6,8-13,16-17,22,24,26-27H,3-4,7H2,1-2H3. The Hall–Kier alpha value is -2.95. The minimum atomic E-state index is -0.0579. The molecule has 1 aliphatic carbocycles. The summed E-state index contributed by atoms with van der Waals surface area (Å²) in [7, 11) is 0. The molecule has 0 fully saturated rings. The molecule has 1 aliphatic heterocycles. The van der Waals surface area contributed by atoms with Crippen molar-refractivity contribution in [3.05, 3.63) is 65.2 Å². The topological polar surface area (TPSA) is 72.8 Å². The Bertz CT molecular complexity index is 933. The van der Waals surface area contributed by atoms with Crippen LogP contribution in [0, 0.1) is 5.92 Å². The van der Waals surface area contributed by atoms with Gasteiger partial charge in [0.25, 0.3) is 5.91 Å². The first-order chi connectivity index (χ1) is 13.5. The molecule has 3 N–H and O–H groups in total. The Morgan fingerprint density at radius 2 is 1.89 bits per heavy atom. The predicted octanol–water partition coefficient (Wildman–Crippen LogP) is 4.41. The average Bonchev–Trinajstić information content (AvgIpc) is 3.18. The summed E-state index contributed by atoms with van der Waals surface area (Å²) in [6.07, 6.45) is 5.28. The third kappa shape index (κ3) is 3.01. The van der Waals surface area contributed by atoms with E-state index < -0.39 is 0 Å². The molecule has 2 aromatic carbocycles. The highest BCUT2D eigenvalue weighted by atomic mass is 16.3. The van der Waals surface area contributed by atoms with Gasteiger partial charge in [0.05, 0.1) is 6.04 Å². The summed E-state index contributed by atoms with van der Waals surface area (Å²) >= 11 is 0. The molecule has 28 heavy (non-hydrogen) atoms. The van der Waals surface area contributed by atoms with Crippen LogP contribution in [-0.4, -0.2) is 34.1 Å². The van der Waals surface area contributed by atoms with Crippen LogP contribution in [-0.2, 0) is 0 Å². The number of hydrogen-bond donors (Lipinski definition) is 3. The number of carbonyl (C=O) groups excluding carboxylic acids is 1. The van der Waals surface area contributed by atoms with Crippen molar-refractivity contribution in [2.24, 2.45) is 5.92 Å².